The SMILES string of the molecule is CCOC(C)(CC)c1noc(C2COCCC2O)n1. The summed E-state index contributed by atoms with van der Waals surface area (Å²) in [6.07, 6.45) is 0.865. The summed E-state index contributed by atoms with van der Waals surface area (Å²) >= 11 is 0. The predicted molar refractivity (Wildman–Crippen MR) is 67.8 cm³/mol. The number of aliphatic hydroxyl groups excluding tert-OH is 1. The molecule has 6 heteroatoms. The normalized spacial score (nSPS) is 27.2. The molecule has 3 unspecified atom stereocenters. The van der Waals surface area contributed by atoms with Crippen LogP contribution in [0.1, 0.15) is 51.2 Å². The zero-order chi connectivity index (χ0) is 13.9. The van der Waals surface area contributed by atoms with Crippen LogP contribution in [0.5, 0.6) is 0 Å². The lowest BCUT2D eigenvalue weighted by molar-refractivity contribution is -0.0403. The van der Waals surface area contributed by atoms with Gasteiger partial charge in [0.2, 0.25) is 11.7 Å². The fraction of sp³-hybridized carbons (Fsp3) is 0.846. The summed E-state index contributed by atoms with van der Waals surface area (Å²) in [5.74, 6) is 0.726. The Morgan fingerprint density at radius 1 is 1.47 bits per heavy atom. The monoisotopic (exact) mass is 270 g/mol. The third-order valence-electron chi connectivity index (χ3n) is 3.69. The molecule has 1 aliphatic heterocycles. The quantitative estimate of drug-likeness (QED) is 0.875. The van der Waals surface area contributed by atoms with Crippen molar-refractivity contribution in [2.24, 2.45) is 0 Å². The van der Waals surface area contributed by atoms with Crippen LogP contribution in [-0.4, -0.2) is 41.2 Å². The molecule has 2 rings (SSSR count). The molecule has 19 heavy (non-hydrogen) atoms. The van der Waals surface area contributed by atoms with Crippen molar-refractivity contribution in [3.05, 3.63) is 11.7 Å². The van der Waals surface area contributed by atoms with Crippen LogP contribution >= 0.6 is 0 Å². The molecule has 0 spiro atoms. The van der Waals surface area contributed by atoms with Crippen LogP contribution in [0, 0.1) is 0 Å². The summed E-state index contributed by atoms with van der Waals surface area (Å²) in [4.78, 5) is 4.40. The number of ether oxygens (including phenoxy) is 2. The molecular formula is C13H22N2O4. The summed E-state index contributed by atoms with van der Waals surface area (Å²) < 4.78 is 16.4. The van der Waals surface area contributed by atoms with Gasteiger partial charge in [-0.3, -0.25) is 0 Å². The second-order valence-corrected chi connectivity index (χ2v) is 5.01. The minimum absolute atomic E-state index is 0.238. The fourth-order valence-electron chi connectivity index (χ4n) is 2.21. The van der Waals surface area contributed by atoms with Crippen molar-refractivity contribution < 1.29 is 19.1 Å². The molecule has 1 fully saturated rings. The van der Waals surface area contributed by atoms with Crippen molar-refractivity contribution >= 4 is 0 Å². The summed E-state index contributed by atoms with van der Waals surface area (Å²) in [6, 6.07) is 0. The lowest BCUT2D eigenvalue weighted by Gasteiger charge is -2.25. The van der Waals surface area contributed by atoms with Gasteiger partial charge in [-0.05, 0) is 26.7 Å². The van der Waals surface area contributed by atoms with E-state index in [-0.39, 0.29) is 5.92 Å². The second kappa shape index (κ2) is 5.98. The van der Waals surface area contributed by atoms with Crippen LogP contribution in [0.25, 0.3) is 0 Å². The molecule has 2 heterocycles. The van der Waals surface area contributed by atoms with Crippen molar-refractivity contribution in [2.75, 3.05) is 19.8 Å². The molecule has 1 aliphatic rings. The molecule has 1 aromatic rings. The van der Waals surface area contributed by atoms with E-state index in [4.69, 9.17) is 14.0 Å². The minimum atomic E-state index is -0.545. The van der Waals surface area contributed by atoms with Gasteiger partial charge in [0.25, 0.3) is 0 Å². The standard InChI is InChI=1S/C13H22N2O4/c1-4-13(3,18-5-2)12-14-11(19-15-12)9-8-17-7-6-10(9)16/h9-10,16H,4-8H2,1-3H3. The van der Waals surface area contributed by atoms with Gasteiger partial charge in [0.15, 0.2) is 0 Å². The van der Waals surface area contributed by atoms with Crippen LogP contribution in [0.2, 0.25) is 0 Å². The Bertz CT molecular complexity index is 409. The summed E-state index contributed by atoms with van der Waals surface area (Å²) in [6.45, 7) is 7.48. The first kappa shape index (κ1) is 14.4. The number of rotatable bonds is 5. The second-order valence-electron chi connectivity index (χ2n) is 5.01. The van der Waals surface area contributed by atoms with Crippen LogP contribution in [-0.2, 0) is 15.1 Å². The average molecular weight is 270 g/mol. The van der Waals surface area contributed by atoms with E-state index in [9.17, 15) is 5.11 Å². The van der Waals surface area contributed by atoms with Gasteiger partial charge in [-0.1, -0.05) is 12.1 Å². The third-order valence-corrected chi connectivity index (χ3v) is 3.69. The van der Waals surface area contributed by atoms with E-state index in [1.54, 1.807) is 0 Å². The van der Waals surface area contributed by atoms with E-state index < -0.39 is 11.7 Å². The zero-order valence-electron chi connectivity index (χ0n) is 11.8. The van der Waals surface area contributed by atoms with Crippen molar-refractivity contribution in [3.8, 4) is 0 Å². The van der Waals surface area contributed by atoms with Crippen LogP contribution < -0.4 is 0 Å². The maximum Gasteiger partial charge on any atom is 0.234 e. The van der Waals surface area contributed by atoms with Gasteiger partial charge in [0, 0.05) is 13.2 Å². The van der Waals surface area contributed by atoms with E-state index in [0.717, 1.165) is 6.42 Å². The predicted octanol–water partition coefficient (Wildman–Crippen LogP) is 1.60. The van der Waals surface area contributed by atoms with Crippen LogP contribution in [0.15, 0.2) is 4.52 Å². The molecule has 0 radical (unpaired) electrons. The molecule has 1 aromatic heterocycles. The summed E-state index contributed by atoms with van der Waals surface area (Å²) in [5.41, 5.74) is -0.545. The Labute approximate surface area is 113 Å². The van der Waals surface area contributed by atoms with Crippen molar-refractivity contribution in [1.82, 2.24) is 10.1 Å². The number of aromatic nitrogens is 2. The molecule has 1 saturated heterocycles. The van der Waals surface area contributed by atoms with E-state index in [1.807, 2.05) is 20.8 Å². The highest BCUT2D eigenvalue weighted by Gasteiger charge is 2.35. The van der Waals surface area contributed by atoms with Crippen LogP contribution in [0.3, 0.4) is 0 Å². The smallest absolute Gasteiger partial charge is 0.234 e. The summed E-state index contributed by atoms with van der Waals surface area (Å²) in [7, 11) is 0. The molecule has 0 aromatic carbocycles. The van der Waals surface area contributed by atoms with Crippen molar-refractivity contribution in [2.45, 2.75) is 51.2 Å². The Kier molecular flexibility index (Phi) is 4.54. The van der Waals surface area contributed by atoms with Gasteiger partial charge in [0.1, 0.15) is 5.60 Å². The molecule has 6 nitrogen and oxygen atoms in total. The average Bonchev–Trinajstić information content (AvgIpc) is 2.89. The molecule has 108 valence electrons. The number of hydrogen-bond donors (Lipinski definition) is 1. The maximum absolute atomic E-state index is 9.96. The minimum Gasteiger partial charge on any atom is -0.392 e. The third kappa shape index (κ3) is 2.96. The van der Waals surface area contributed by atoms with E-state index in [2.05, 4.69) is 10.1 Å². The van der Waals surface area contributed by atoms with Crippen molar-refractivity contribution in [3.63, 3.8) is 0 Å². The number of aliphatic hydroxyl groups is 1. The number of hydrogen-bond acceptors (Lipinski definition) is 6. The van der Waals surface area contributed by atoms with Gasteiger partial charge in [-0.2, -0.15) is 4.98 Å². The van der Waals surface area contributed by atoms with Gasteiger partial charge in [0.05, 0.1) is 18.6 Å². The molecule has 0 aliphatic carbocycles. The topological polar surface area (TPSA) is 77.6 Å². The highest BCUT2D eigenvalue weighted by molar-refractivity contribution is 5.04. The summed E-state index contributed by atoms with van der Waals surface area (Å²) in [5, 5.41) is 14.0. The Morgan fingerprint density at radius 3 is 2.89 bits per heavy atom. The van der Waals surface area contributed by atoms with Crippen LogP contribution in [0.4, 0.5) is 0 Å². The zero-order valence-corrected chi connectivity index (χ0v) is 11.8. The van der Waals surface area contributed by atoms with E-state index in [0.29, 0.717) is 38.0 Å². The first-order valence-corrected chi connectivity index (χ1v) is 6.84. The van der Waals surface area contributed by atoms with Gasteiger partial charge in [-0.25, -0.2) is 0 Å². The molecule has 0 saturated carbocycles. The fourth-order valence-corrected chi connectivity index (χ4v) is 2.21. The molecule has 0 amide bonds. The maximum atomic E-state index is 9.96. The van der Waals surface area contributed by atoms with Gasteiger partial charge >= 0.3 is 0 Å². The van der Waals surface area contributed by atoms with E-state index >= 15 is 0 Å². The van der Waals surface area contributed by atoms with Gasteiger partial charge < -0.3 is 19.1 Å². The van der Waals surface area contributed by atoms with E-state index in [1.165, 1.54) is 0 Å². The Morgan fingerprint density at radius 2 is 2.26 bits per heavy atom. The lowest BCUT2D eigenvalue weighted by Crippen LogP contribution is -2.30. The Hall–Kier alpha value is -0.980. The van der Waals surface area contributed by atoms with Gasteiger partial charge in [-0.15, -0.1) is 0 Å². The molecular weight excluding hydrogens is 248 g/mol. The highest BCUT2D eigenvalue weighted by Crippen LogP contribution is 2.30. The lowest BCUT2D eigenvalue weighted by atomic mass is 9.98. The molecule has 0 bridgehead atoms. The van der Waals surface area contributed by atoms with Crippen molar-refractivity contribution in [1.29, 1.82) is 0 Å². The first-order valence-electron chi connectivity index (χ1n) is 6.84. The molecule has 1 N–H and O–H groups in total. The highest BCUT2D eigenvalue weighted by atomic mass is 16.5. The number of nitrogens with zero attached hydrogens (tertiary/aromatic N) is 2. The largest absolute Gasteiger partial charge is 0.392 e. The first-order chi connectivity index (χ1) is 9.10. The Balaban J connectivity index is 2.17. The molecule has 3 atom stereocenters.